The zero-order chi connectivity index (χ0) is 17.4. The monoisotopic (exact) mass is 339 g/mol. The number of carbonyl (C=O) groups is 1. The van der Waals surface area contributed by atoms with E-state index in [9.17, 15) is 9.90 Å². The molecule has 4 aromatic rings. The van der Waals surface area contributed by atoms with E-state index >= 15 is 0 Å². The molecule has 0 aliphatic carbocycles. The highest BCUT2D eigenvalue weighted by Crippen LogP contribution is 2.21. The lowest BCUT2D eigenvalue weighted by Crippen LogP contribution is -2.06. The topological polar surface area (TPSA) is 120 Å². The van der Waals surface area contributed by atoms with Gasteiger partial charge in [-0.05, 0) is 12.1 Å². The number of nitrogens with zero attached hydrogens (tertiary/aromatic N) is 7. The average Bonchev–Trinajstić information content (AvgIpc) is 3.23. The van der Waals surface area contributed by atoms with Gasteiger partial charge in [0.2, 0.25) is 0 Å². The molecule has 10 nitrogen and oxygen atoms in total. The quantitative estimate of drug-likeness (QED) is 0.518. The molecule has 0 spiro atoms. The number of hydrogen-bond donors (Lipinski definition) is 1. The molecule has 10 heteroatoms. The van der Waals surface area contributed by atoms with Gasteiger partial charge < -0.3 is 9.84 Å². The third kappa shape index (κ3) is 2.48. The SMILES string of the molecule is COC(=O)Cc1nn(-c2ccccc2)c2c1nnc1nc(CO)nn12. The van der Waals surface area contributed by atoms with Gasteiger partial charge >= 0.3 is 5.97 Å². The number of aromatic nitrogens is 7. The van der Waals surface area contributed by atoms with E-state index in [2.05, 4.69) is 25.4 Å². The van der Waals surface area contributed by atoms with Crippen molar-refractivity contribution in [2.75, 3.05) is 7.11 Å². The Balaban J connectivity index is 2.04. The Bertz CT molecular complexity index is 1070. The van der Waals surface area contributed by atoms with E-state index in [1.54, 1.807) is 4.68 Å². The summed E-state index contributed by atoms with van der Waals surface area (Å²) >= 11 is 0. The Kier molecular flexibility index (Phi) is 3.58. The van der Waals surface area contributed by atoms with Crippen molar-refractivity contribution in [2.24, 2.45) is 0 Å². The van der Waals surface area contributed by atoms with Crippen LogP contribution in [-0.4, -0.2) is 52.8 Å². The lowest BCUT2D eigenvalue weighted by atomic mass is 10.3. The Morgan fingerprint density at radius 3 is 2.72 bits per heavy atom. The molecule has 0 bridgehead atoms. The second-order valence-corrected chi connectivity index (χ2v) is 5.22. The van der Waals surface area contributed by atoms with Crippen molar-refractivity contribution in [3.05, 3.63) is 41.9 Å². The van der Waals surface area contributed by atoms with Crippen LogP contribution in [0.3, 0.4) is 0 Å². The molecule has 0 aliphatic rings. The van der Waals surface area contributed by atoms with Gasteiger partial charge in [-0.2, -0.15) is 14.6 Å². The predicted octanol–water partition coefficient (Wildman–Crippen LogP) is 0.0660. The zero-order valence-corrected chi connectivity index (χ0v) is 13.2. The van der Waals surface area contributed by atoms with Crippen molar-refractivity contribution >= 4 is 22.9 Å². The van der Waals surface area contributed by atoms with Crippen molar-refractivity contribution in [3.63, 3.8) is 0 Å². The number of methoxy groups -OCH3 is 1. The van der Waals surface area contributed by atoms with Crippen LogP contribution in [0.25, 0.3) is 22.6 Å². The van der Waals surface area contributed by atoms with Crippen LogP contribution in [0.1, 0.15) is 11.5 Å². The number of carbonyl (C=O) groups excluding carboxylic acids is 1. The molecule has 3 heterocycles. The summed E-state index contributed by atoms with van der Waals surface area (Å²) in [7, 11) is 1.31. The van der Waals surface area contributed by atoms with Crippen molar-refractivity contribution in [1.82, 2.24) is 34.6 Å². The molecule has 0 atom stereocenters. The highest BCUT2D eigenvalue weighted by Gasteiger charge is 2.21. The van der Waals surface area contributed by atoms with E-state index in [4.69, 9.17) is 4.74 Å². The highest BCUT2D eigenvalue weighted by molar-refractivity contribution is 5.82. The van der Waals surface area contributed by atoms with Crippen LogP contribution in [0.2, 0.25) is 0 Å². The fourth-order valence-corrected chi connectivity index (χ4v) is 2.53. The lowest BCUT2D eigenvalue weighted by molar-refractivity contribution is -0.139. The van der Waals surface area contributed by atoms with Crippen molar-refractivity contribution in [1.29, 1.82) is 0 Å². The number of rotatable bonds is 4. The second-order valence-electron chi connectivity index (χ2n) is 5.22. The molecule has 0 saturated carbocycles. The van der Waals surface area contributed by atoms with Crippen LogP contribution in [-0.2, 0) is 22.6 Å². The number of fused-ring (bicyclic) bond motifs is 3. The summed E-state index contributed by atoms with van der Waals surface area (Å²) < 4.78 is 7.79. The van der Waals surface area contributed by atoms with Crippen molar-refractivity contribution in [2.45, 2.75) is 13.0 Å². The first-order valence-corrected chi connectivity index (χ1v) is 7.44. The zero-order valence-electron chi connectivity index (χ0n) is 13.2. The summed E-state index contributed by atoms with van der Waals surface area (Å²) in [6.07, 6.45) is -0.0470. The fourth-order valence-electron chi connectivity index (χ4n) is 2.53. The Morgan fingerprint density at radius 2 is 2.00 bits per heavy atom. The summed E-state index contributed by atoms with van der Waals surface area (Å²) in [5, 5.41) is 26.2. The first-order valence-electron chi connectivity index (χ1n) is 7.44. The number of benzene rings is 1. The molecule has 126 valence electrons. The minimum atomic E-state index is -0.434. The van der Waals surface area contributed by atoms with E-state index in [-0.39, 0.29) is 24.6 Å². The van der Waals surface area contributed by atoms with Gasteiger partial charge in [0.25, 0.3) is 5.78 Å². The standard InChI is InChI=1S/C15H13N7O3/c1-25-12(24)7-10-13-14(21(19-10)9-5-3-2-4-6-9)22-15(18-17-13)16-11(8-23)20-22/h2-6,23H,7-8H2,1H3. The van der Waals surface area contributed by atoms with Crippen molar-refractivity contribution < 1.29 is 14.6 Å². The summed E-state index contributed by atoms with van der Waals surface area (Å²) in [5.74, 6) is 0.0199. The smallest absolute Gasteiger partial charge is 0.311 e. The number of aliphatic hydroxyl groups is 1. The minimum Gasteiger partial charge on any atom is -0.469 e. The first-order chi connectivity index (χ1) is 12.2. The van der Waals surface area contributed by atoms with E-state index in [0.29, 0.717) is 16.9 Å². The van der Waals surface area contributed by atoms with Gasteiger partial charge in [-0.15, -0.1) is 15.3 Å². The van der Waals surface area contributed by atoms with Gasteiger partial charge in [0, 0.05) is 0 Å². The molecule has 0 fully saturated rings. The molecule has 0 aliphatic heterocycles. The molecule has 0 amide bonds. The van der Waals surface area contributed by atoms with Crippen LogP contribution in [0, 0.1) is 0 Å². The maximum absolute atomic E-state index is 11.7. The molecule has 1 N–H and O–H groups in total. The number of hydrogen-bond acceptors (Lipinski definition) is 8. The minimum absolute atomic E-state index is 0.0470. The molecule has 0 saturated heterocycles. The molecule has 0 unspecified atom stereocenters. The number of ether oxygens (including phenoxy) is 1. The molecule has 3 aromatic heterocycles. The van der Waals surface area contributed by atoms with E-state index in [1.807, 2.05) is 30.3 Å². The van der Waals surface area contributed by atoms with Gasteiger partial charge in [-0.3, -0.25) is 4.79 Å². The predicted molar refractivity (Wildman–Crippen MR) is 84.8 cm³/mol. The Morgan fingerprint density at radius 1 is 1.20 bits per heavy atom. The molecule has 25 heavy (non-hydrogen) atoms. The third-order valence-corrected chi connectivity index (χ3v) is 3.66. The number of para-hydroxylation sites is 1. The molecular weight excluding hydrogens is 326 g/mol. The van der Waals surface area contributed by atoms with E-state index in [0.717, 1.165) is 5.69 Å². The molecule has 4 rings (SSSR count). The molecule has 0 radical (unpaired) electrons. The van der Waals surface area contributed by atoms with Crippen LogP contribution >= 0.6 is 0 Å². The molecule has 1 aromatic carbocycles. The van der Waals surface area contributed by atoms with Crippen molar-refractivity contribution in [3.8, 4) is 5.69 Å². The van der Waals surface area contributed by atoms with Gasteiger partial charge in [0.05, 0.1) is 19.2 Å². The second kappa shape index (κ2) is 5.91. The maximum atomic E-state index is 11.7. The van der Waals surface area contributed by atoms with Crippen LogP contribution in [0.15, 0.2) is 30.3 Å². The number of aliphatic hydroxyl groups excluding tert-OH is 1. The summed E-state index contributed by atoms with van der Waals surface area (Å²) in [6.45, 7) is -0.320. The normalized spacial score (nSPS) is 11.3. The fraction of sp³-hybridized carbons (Fsp3) is 0.200. The van der Waals surface area contributed by atoms with Crippen LogP contribution < -0.4 is 0 Å². The first kappa shape index (κ1) is 15.1. The van der Waals surface area contributed by atoms with Crippen LogP contribution in [0.5, 0.6) is 0 Å². The highest BCUT2D eigenvalue weighted by atomic mass is 16.5. The average molecular weight is 339 g/mol. The van der Waals surface area contributed by atoms with Gasteiger partial charge in [0.1, 0.15) is 12.3 Å². The molecular formula is C15H13N7O3. The maximum Gasteiger partial charge on any atom is 0.311 e. The summed E-state index contributed by atoms with van der Waals surface area (Å²) in [5.41, 5.74) is 2.10. The van der Waals surface area contributed by atoms with E-state index < -0.39 is 5.97 Å². The Hall–Kier alpha value is -3.40. The van der Waals surface area contributed by atoms with Crippen LogP contribution in [0.4, 0.5) is 0 Å². The van der Waals surface area contributed by atoms with E-state index in [1.165, 1.54) is 11.6 Å². The third-order valence-electron chi connectivity index (χ3n) is 3.66. The van der Waals surface area contributed by atoms with Gasteiger partial charge in [-0.25, -0.2) is 4.68 Å². The summed E-state index contributed by atoms with van der Waals surface area (Å²) in [4.78, 5) is 15.8. The Labute approximate surface area is 140 Å². The lowest BCUT2D eigenvalue weighted by Gasteiger charge is -2.02. The van der Waals surface area contributed by atoms with Gasteiger partial charge in [0.15, 0.2) is 17.0 Å². The number of esters is 1. The summed E-state index contributed by atoms with van der Waals surface area (Å²) in [6, 6.07) is 9.36. The van der Waals surface area contributed by atoms with Gasteiger partial charge in [-0.1, -0.05) is 18.2 Å². The largest absolute Gasteiger partial charge is 0.469 e.